The van der Waals surface area contributed by atoms with Crippen molar-refractivity contribution in [3.05, 3.63) is 0 Å². The number of hydrogen-bond donors (Lipinski definition) is 2. The van der Waals surface area contributed by atoms with Crippen molar-refractivity contribution in [1.29, 1.82) is 0 Å². The molecule has 0 aromatic heterocycles. The quantitative estimate of drug-likeness (QED) is 0.506. The lowest BCUT2D eigenvalue weighted by Gasteiger charge is -2.47. The first-order valence-electron chi connectivity index (χ1n) is 9.16. The van der Waals surface area contributed by atoms with Crippen LogP contribution in [0, 0.1) is 5.92 Å². The van der Waals surface area contributed by atoms with E-state index in [1.54, 1.807) is 0 Å². The molecule has 3 aliphatic heterocycles. The molecule has 0 aliphatic carbocycles. The topological polar surface area (TPSA) is 52.1 Å². The van der Waals surface area contributed by atoms with E-state index in [0.717, 1.165) is 32.1 Å². The van der Waals surface area contributed by atoms with Crippen LogP contribution in [0.3, 0.4) is 0 Å². The molecular weight excluding hydrogens is 290 g/mol. The lowest BCUT2D eigenvalue weighted by Crippen LogP contribution is -2.63. The van der Waals surface area contributed by atoms with Crippen LogP contribution in [0.1, 0.15) is 27.2 Å². The minimum atomic E-state index is 0.318. The molecule has 3 heterocycles. The monoisotopic (exact) mass is 325 g/mol. The first kappa shape index (κ1) is 18.5. The highest BCUT2D eigenvalue weighted by Gasteiger charge is 2.31. The third-order valence-electron chi connectivity index (χ3n) is 4.97. The predicted molar refractivity (Wildman–Crippen MR) is 96.0 cm³/mol. The van der Waals surface area contributed by atoms with E-state index < -0.39 is 0 Å². The molecule has 0 radical (unpaired) electrons. The van der Waals surface area contributed by atoms with E-state index in [0.29, 0.717) is 18.1 Å². The summed E-state index contributed by atoms with van der Waals surface area (Å²) in [5.74, 6) is 1.45. The Hall–Kier alpha value is -0.850. The molecule has 2 N–H and O–H groups in total. The van der Waals surface area contributed by atoms with Gasteiger partial charge < -0.3 is 15.4 Å². The van der Waals surface area contributed by atoms with Crippen LogP contribution in [0.4, 0.5) is 0 Å². The van der Waals surface area contributed by atoms with Crippen LogP contribution in [0.15, 0.2) is 4.99 Å². The molecule has 0 spiro atoms. The third-order valence-corrected chi connectivity index (χ3v) is 4.97. The van der Waals surface area contributed by atoms with Crippen molar-refractivity contribution < 1.29 is 4.74 Å². The SMILES string of the molecule is CCOC(CCNC(=NC)NCC1CN2CCN1CC2)C(C)C. The molecule has 6 nitrogen and oxygen atoms in total. The average Bonchev–Trinajstić information content (AvgIpc) is 2.57. The van der Waals surface area contributed by atoms with Crippen LogP contribution in [0.2, 0.25) is 0 Å². The maximum atomic E-state index is 5.80. The summed E-state index contributed by atoms with van der Waals surface area (Å²) in [6, 6.07) is 0.614. The molecule has 0 amide bonds. The smallest absolute Gasteiger partial charge is 0.191 e. The summed E-state index contributed by atoms with van der Waals surface area (Å²) in [6.07, 6.45) is 1.33. The van der Waals surface area contributed by atoms with Gasteiger partial charge in [-0.1, -0.05) is 13.8 Å². The third kappa shape index (κ3) is 5.62. The van der Waals surface area contributed by atoms with Gasteiger partial charge in [0.15, 0.2) is 5.96 Å². The molecule has 0 aromatic rings. The van der Waals surface area contributed by atoms with E-state index in [1.165, 1.54) is 32.7 Å². The number of fused-ring (bicyclic) bond motifs is 3. The second-order valence-corrected chi connectivity index (χ2v) is 6.90. The molecule has 3 rings (SSSR count). The lowest BCUT2D eigenvalue weighted by atomic mass is 10.0. The predicted octanol–water partition coefficient (Wildman–Crippen LogP) is 0.602. The van der Waals surface area contributed by atoms with Crippen LogP contribution >= 0.6 is 0 Å². The summed E-state index contributed by atoms with van der Waals surface area (Å²) < 4.78 is 5.80. The van der Waals surface area contributed by atoms with Crippen LogP contribution in [0.5, 0.6) is 0 Å². The molecule has 0 saturated carbocycles. The number of nitrogens with one attached hydrogen (secondary N) is 2. The van der Waals surface area contributed by atoms with E-state index in [2.05, 4.69) is 46.2 Å². The Morgan fingerprint density at radius 3 is 2.48 bits per heavy atom. The van der Waals surface area contributed by atoms with E-state index in [4.69, 9.17) is 4.74 Å². The van der Waals surface area contributed by atoms with Crippen molar-refractivity contribution in [2.75, 3.05) is 59.5 Å². The highest BCUT2D eigenvalue weighted by atomic mass is 16.5. The fourth-order valence-electron chi connectivity index (χ4n) is 3.51. The largest absolute Gasteiger partial charge is 0.378 e. The number of aliphatic imine (C=N–C) groups is 1. The average molecular weight is 326 g/mol. The maximum Gasteiger partial charge on any atom is 0.191 e. The molecular formula is C17H35N5O. The van der Waals surface area contributed by atoms with Gasteiger partial charge >= 0.3 is 0 Å². The molecule has 2 atom stereocenters. The van der Waals surface area contributed by atoms with Gasteiger partial charge in [0.2, 0.25) is 0 Å². The van der Waals surface area contributed by atoms with Gasteiger partial charge in [-0.3, -0.25) is 14.8 Å². The van der Waals surface area contributed by atoms with Gasteiger partial charge in [0.05, 0.1) is 6.10 Å². The lowest BCUT2D eigenvalue weighted by molar-refractivity contribution is 0.0153. The van der Waals surface area contributed by atoms with Crippen LogP contribution in [-0.4, -0.2) is 87.4 Å². The summed E-state index contributed by atoms with van der Waals surface area (Å²) in [5, 5.41) is 6.91. The first-order valence-corrected chi connectivity index (χ1v) is 9.16. The number of nitrogens with zero attached hydrogens (tertiary/aromatic N) is 3. The van der Waals surface area contributed by atoms with E-state index in [9.17, 15) is 0 Å². The summed E-state index contributed by atoms with van der Waals surface area (Å²) >= 11 is 0. The summed E-state index contributed by atoms with van der Waals surface area (Å²) in [5.41, 5.74) is 0. The van der Waals surface area contributed by atoms with E-state index >= 15 is 0 Å². The van der Waals surface area contributed by atoms with Crippen molar-refractivity contribution in [2.45, 2.75) is 39.3 Å². The van der Waals surface area contributed by atoms with Crippen molar-refractivity contribution in [2.24, 2.45) is 10.9 Å². The van der Waals surface area contributed by atoms with Gasteiger partial charge in [0.1, 0.15) is 0 Å². The second kappa shape index (κ2) is 9.45. The molecule has 134 valence electrons. The Labute approximate surface area is 141 Å². The number of hydrogen-bond acceptors (Lipinski definition) is 4. The Kier molecular flexibility index (Phi) is 7.59. The minimum Gasteiger partial charge on any atom is -0.378 e. The molecule has 0 aromatic carbocycles. The minimum absolute atomic E-state index is 0.318. The molecule has 23 heavy (non-hydrogen) atoms. The molecule has 2 unspecified atom stereocenters. The van der Waals surface area contributed by atoms with Crippen molar-refractivity contribution in [1.82, 2.24) is 20.4 Å². The van der Waals surface area contributed by atoms with E-state index in [1.807, 2.05) is 7.05 Å². The van der Waals surface area contributed by atoms with Crippen LogP contribution in [-0.2, 0) is 4.74 Å². The fourth-order valence-corrected chi connectivity index (χ4v) is 3.51. The standard InChI is InChI=1S/C17H35N5O/c1-5-23-16(14(2)3)6-7-19-17(18-4)20-12-15-13-21-8-10-22(15)11-9-21/h14-16H,5-13H2,1-4H3,(H2,18,19,20). The van der Waals surface area contributed by atoms with Gasteiger partial charge in [0.25, 0.3) is 0 Å². The van der Waals surface area contributed by atoms with Gasteiger partial charge in [-0.2, -0.15) is 0 Å². The molecule has 3 aliphatic rings. The van der Waals surface area contributed by atoms with E-state index in [-0.39, 0.29) is 0 Å². The van der Waals surface area contributed by atoms with Crippen molar-refractivity contribution in [3.63, 3.8) is 0 Å². The Balaban J connectivity index is 1.67. The van der Waals surface area contributed by atoms with Gasteiger partial charge in [-0.25, -0.2) is 0 Å². The molecule has 6 heteroatoms. The molecule has 3 saturated heterocycles. The highest BCUT2D eigenvalue weighted by Crippen LogP contribution is 2.14. The van der Waals surface area contributed by atoms with Gasteiger partial charge in [-0.15, -0.1) is 0 Å². The van der Waals surface area contributed by atoms with Crippen LogP contribution < -0.4 is 10.6 Å². The van der Waals surface area contributed by atoms with Gasteiger partial charge in [-0.05, 0) is 19.3 Å². The number of piperazine rings is 3. The molecule has 2 bridgehead atoms. The zero-order valence-electron chi connectivity index (χ0n) is 15.3. The van der Waals surface area contributed by atoms with Crippen molar-refractivity contribution in [3.8, 4) is 0 Å². The summed E-state index contributed by atoms with van der Waals surface area (Å²) in [4.78, 5) is 9.51. The Morgan fingerprint density at radius 1 is 1.22 bits per heavy atom. The fraction of sp³-hybridized carbons (Fsp3) is 0.941. The highest BCUT2D eigenvalue weighted by molar-refractivity contribution is 5.79. The Bertz CT molecular complexity index is 366. The zero-order chi connectivity index (χ0) is 16.7. The van der Waals surface area contributed by atoms with Gasteiger partial charge in [0, 0.05) is 65.5 Å². The van der Waals surface area contributed by atoms with Crippen molar-refractivity contribution >= 4 is 5.96 Å². The molecule has 3 fully saturated rings. The summed E-state index contributed by atoms with van der Waals surface area (Å²) in [6.45, 7) is 15.2. The number of guanidine groups is 1. The zero-order valence-corrected chi connectivity index (χ0v) is 15.3. The number of rotatable bonds is 8. The first-order chi connectivity index (χ1) is 11.1. The maximum absolute atomic E-state index is 5.80. The summed E-state index contributed by atoms with van der Waals surface area (Å²) in [7, 11) is 1.84. The van der Waals surface area contributed by atoms with Crippen LogP contribution in [0.25, 0.3) is 0 Å². The Morgan fingerprint density at radius 2 is 1.96 bits per heavy atom. The normalized spacial score (nSPS) is 28.9. The number of ether oxygens (including phenoxy) is 1. The second-order valence-electron chi connectivity index (χ2n) is 6.90.